The summed E-state index contributed by atoms with van der Waals surface area (Å²) < 4.78 is 32.6. The number of ketones is 1. The van der Waals surface area contributed by atoms with Crippen LogP contribution in [-0.4, -0.2) is 59.2 Å². The second-order valence-corrected chi connectivity index (χ2v) is 10.1. The number of pyridine rings is 1. The molecule has 0 spiro atoms. The Morgan fingerprint density at radius 3 is 2.36 bits per heavy atom. The number of carbonyl (C=O) groups is 4. The average Bonchev–Trinajstić information content (AvgIpc) is 3.41. The molecule has 0 bridgehead atoms. The first-order chi connectivity index (χ1) is 18.7. The number of Topliss-reactive ketones (excluding diaryl/α,β-unsaturated/α-hetero) is 1. The lowest BCUT2D eigenvalue weighted by molar-refractivity contribution is -0.142. The Balaban J connectivity index is 1.46. The Morgan fingerprint density at radius 2 is 1.72 bits per heavy atom. The number of alkyl halides is 2. The van der Waals surface area contributed by atoms with Crippen LogP contribution in [0.4, 0.5) is 8.78 Å². The number of hydrogen-bond acceptors (Lipinski definition) is 6. The third-order valence-corrected chi connectivity index (χ3v) is 7.19. The highest BCUT2D eigenvalue weighted by atomic mass is 19.3. The van der Waals surface area contributed by atoms with E-state index in [1.807, 2.05) is 0 Å². The number of carbonyl (C=O) groups excluding carboxylic acids is 4. The summed E-state index contributed by atoms with van der Waals surface area (Å²) in [6.45, 7) is 0.0928. The number of nitrogens with zero attached hydrogens (tertiary/aromatic N) is 1. The molecule has 2 fully saturated rings. The normalized spacial score (nSPS) is 21.5. The molecule has 1 unspecified atom stereocenters. The van der Waals surface area contributed by atoms with Crippen molar-refractivity contribution >= 4 is 23.5 Å². The summed E-state index contributed by atoms with van der Waals surface area (Å²) in [5, 5.41) is 7.94. The van der Waals surface area contributed by atoms with E-state index in [4.69, 9.17) is 4.74 Å². The molecule has 1 aromatic heterocycles. The number of nitrogens with one attached hydrogen (secondary N) is 3. The van der Waals surface area contributed by atoms with E-state index in [2.05, 4.69) is 20.9 Å². The lowest BCUT2D eigenvalue weighted by Crippen LogP contribution is -2.63. The van der Waals surface area contributed by atoms with Crippen LogP contribution < -0.4 is 16.0 Å². The average molecular weight is 543 g/mol. The van der Waals surface area contributed by atoms with Gasteiger partial charge in [0.05, 0.1) is 18.8 Å². The van der Waals surface area contributed by atoms with Gasteiger partial charge >= 0.3 is 0 Å². The van der Waals surface area contributed by atoms with Gasteiger partial charge in [0.1, 0.15) is 11.6 Å². The molecule has 2 aliphatic rings. The molecular formula is C28H32F2N4O5. The second-order valence-electron chi connectivity index (χ2n) is 10.1. The van der Waals surface area contributed by atoms with Gasteiger partial charge in [0.2, 0.25) is 23.5 Å². The van der Waals surface area contributed by atoms with E-state index in [1.165, 1.54) is 0 Å². The zero-order chi connectivity index (χ0) is 27.9. The van der Waals surface area contributed by atoms with Gasteiger partial charge < -0.3 is 20.7 Å². The summed E-state index contributed by atoms with van der Waals surface area (Å²) in [6.07, 6.45) is 1.02. The number of aromatic nitrogens is 1. The molecule has 1 saturated carbocycles. The summed E-state index contributed by atoms with van der Waals surface area (Å²) in [7, 11) is 0. The van der Waals surface area contributed by atoms with Crippen molar-refractivity contribution in [3.63, 3.8) is 0 Å². The molecule has 2 atom stereocenters. The maximum atomic E-state index is 13.6. The van der Waals surface area contributed by atoms with Crippen molar-refractivity contribution in [2.75, 3.05) is 13.2 Å². The van der Waals surface area contributed by atoms with E-state index in [1.54, 1.807) is 54.7 Å². The molecular weight excluding hydrogens is 510 g/mol. The van der Waals surface area contributed by atoms with Gasteiger partial charge in [-0.05, 0) is 30.5 Å². The standard InChI is InChI=1S/C28H32F2N4O5/c29-28(30)11-9-20(10-12-28)24(36)34-27(13-15-39-18-27)26(38)33-22(16-19-6-2-1-3-7-19)23(35)25(37)32-17-21-8-4-5-14-31-21/h1-8,14,20,22H,9-13,15-18H2,(H,32,37)(H,33,38)(H,34,36)/t22-,27?/m1/s1. The molecule has 2 aromatic rings. The molecule has 9 nitrogen and oxygen atoms in total. The molecule has 3 amide bonds. The Hall–Kier alpha value is -3.73. The van der Waals surface area contributed by atoms with E-state index < -0.39 is 46.9 Å². The SMILES string of the molecule is O=C(NCc1ccccn1)C(=O)[C@@H](Cc1ccccc1)NC(=O)C1(NC(=O)C2CCC(F)(F)CC2)CCOC1. The van der Waals surface area contributed by atoms with Crippen LogP contribution in [0.3, 0.4) is 0 Å². The number of benzene rings is 1. The van der Waals surface area contributed by atoms with Crippen molar-refractivity contribution in [1.29, 1.82) is 0 Å². The number of halogens is 2. The first-order valence-electron chi connectivity index (χ1n) is 13.0. The van der Waals surface area contributed by atoms with Crippen LogP contribution in [-0.2, 0) is 36.9 Å². The molecule has 1 saturated heterocycles. The molecule has 4 rings (SSSR count). The molecule has 0 radical (unpaired) electrons. The van der Waals surface area contributed by atoms with Crippen LogP contribution in [0.2, 0.25) is 0 Å². The highest BCUT2D eigenvalue weighted by molar-refractivity contribution is 6.38. The van der Waals surface area contributed by atoms with Crippen LogP contribution >= 0.6 is 0 Å². The third kappa shape index (κ3) is 7.44. The zero-order valence-corrected chi connectivity index (χ0v) is 21.5. The number of hydrogen-bond donors (Lipinski definition) is 3. The second kappa shape index (κ2) is 12.4. The van der Waals surface area contributed by atoms with Crippen molar-refractivity contribution in [3.8, 4) is 0 Å². The maximum absolute atomic E-state index is 13.6. The van der Waals surface area contributed by atoms with Crippen LogP contribution in [0, 0.1) is 5.92 Å². The predicted molar refractivity (Wildman–Crippen MR) is 136 cm³/mol. The lowest BCUT2D eigenvalue weighted by atomic mass is 9.85. The van der Waals surface area contributed by atoms with E-state index in [0.717, 1.165) is 5.56 Å². The highest BCUT2D eigenvalue weighted by Gasteiger charge is 2.47. The summed E-state index contributed by atoms with van der Waals surface area (Å²) in [5.41, 5.74) is -0.193. The minimum absolute atomic E-state index is 0.0168. The van der Waals surface area contributed by atoms with Gasteiger partial charge in [0, 0.05) is 44.4 Å². The lowest BCUT2D eigenvalue weighted by Gasteiger charge is -2.33. The quantitative estimate of drug-likeness (QED) is 0.395. The van der Waals surface area contributed by atoms with Crippen LogP contribution in [0.25, 0.3) is 0 Å². The van der Waals surface area contributed by atoms with Gasteiger partial charge in [-0.2, -0.15) is 0 Å². The van der Waals surface area contributed by atoms with Crippen LogP contribution in [0.5, 0.6) is 0 Å². The van der Waals surface area contributed by atoms with Gasteiger partial charge in [-0.15, -0.1) is 0 Å². The van der Waals surface area contributed by atoms with Crippen molar-refractivity contribution in [3.05, 3.63) is 66.0 Å². The molecule has 1 aliphatic carbocycles. The minimum atomic E-state index is -2.79. The summed E-state index contributed by atoms with van der Waals surface area (Å²) in [4.78, 5) is 56.7. The Labute approximate surface area is 225 Å². The van der Waals surface area contributed by atoms with Crippen molar-refractivity contribution in [2.24, 2.45) is 5.92 Å². The maximum Gasteiger partial charge on any atom is 0.289 e. The molecule has 208 valence electrons. The van der Waals surface area contributed by atoms with Gasteiger partial charge in [0.25, 0.3) is 5.91 Å². The summed E-state index contributed by atoms with van der Waals surface area (Å²) >= 11 is 0. The fourth-order valence-electron chi connectivity index (χ4n) is 4.81. The fourth-order valence-corrected chi connectivity index (χ4v) is 4.81. The fraction of sp³-hybridized carbons (Fsp3) is 0.464. The minimum Gasteiger partial charge on any atom is -0.378 e. The van der Waals surface area contributed by atoms with Crippen LogP contribution in [0.1, 0.15) is 43.4 Å². The molecule has 11 heteroatoms. The molecule has 39 heavy (non-hydrogen) atoms. The molecule has 1 aliphatic heterocycles. The van der Waals surface area contributed by atoms with Gasteiger partial charge in [-0.25, -0.2) is 8.78 Å². The summed E-state index contributed by atoms with van der Waals surface area (Å²) in [6, 6.07) is 12.9. The first kappa shape index (κ1) is 28.3. The van der Waals surface area contributed by atoms with E-state index in [9.17, 15) is 28.0 Å². The topological polar surface area (TPSA) is 126 Å². The number of amides is 3. The Kier molecular flexibility index (Phi) is 9.01. The van der Waals surface area contributed by atoms with Crippen LogP contribution in [0.15, 0.2) is 54.7 Å². The monoisotopic (exact) mass is 542 g/mol. The molecule has 2 heterocycles. The number of ether oxygens (including phenoxy) is 1. The van der Waals surface area contributed by atoms with Crippen molar-refractivity contribution in [2.45, 2.75) is 62.6 Å². The molecule has 1 aromatic carbocycles. The third-order valence-electron chi connectivity index (χ3n) is 7.19. The van der Waals surface area contributed by atoms with E-state index in [0.29, 0.717) is 5.69 Å². The highest BCUT2D eigenvalue weighted by Crippen LogP contribution is 2.36. The summed E-state index contributed by atoms with van der Waals surface area (Å²) in [5.74, 6) is -6.32. The van der Waals surface area contributed by atoms with Crippen molar-refractivity contribution in [1.82, 2.24) is 20.9 Å². The smallest absolute Gasteiger partial charge is 0.289 e. The van der Waals surface area contributed by atoms with Gasteiger partial charge in [0.15, 0.2) is 0 Å². The van der Waals surface area contributed by atoms with Crippen molar-refractivity contribution < 1.29 is 32.7 Å². The number of rotatable bonds is 10. The Morgan fingerprint density at radius 1 is 1.00 bits per heavy atom. The Bertz CT molecular complexity index is 1160. The van der Waals surface area contributed by atoms with E-state index in [-0.39, 0.29) is 58.3 Å². The predicted octanol–water partition coefficient (Wildman–Crippen LogP) is 2.10. The van der Waals surface area contributed by atoms with Gasteiger partial charge in [-0.3, -0.25) is 24.2 Å². The van der Waals surface area contributed by atoms with Gasteiger partial charge in [-0.1, -0.05) is 36.4 Å². The first-order valence-corrected chi connectivity index (χ1v) is 13.0. The zero-order valence-electron chi connectivity index (χ0n) is 21.5. The largest absolute Gasteiger partial charge is 0.378 e. The molecule has 3 N–H and O–H groups in total. The van der Waals surface area contributed by atoms with E-state index >= 15 is 0 Å².